The molecular formula is C16H11F3N2O3S. The highest BCUT2D eigenvalue weighted by molar-refractivity contribution is 7.87. The molecule has 0 N–H and O–H groups in total. The third kappa shape index (κ3) is 3.50. The molecule has 25 heavy (non-hydrogen) atoms. The van der Waals surface area contributed by atoms with Gasteiger partial charge in [0.05, 0.1) is 5.69 Å². The van der Waals surface area contributed by atoms with Crippen LogP contribution >= 0.6 is 0 Å². The van der Waals surface area contributed by atoms with Gasteiger partial charge in [-0.25, -0.2) is 0 Å². The van der Waals surface area contributed by atoms with Crippen LogP contribution in [0.2, 0.25) is 0 Å². The summed E-state index contributed by atoms with van der Waals surface area (Å²) in [5.41, 5.74) is -4.31. The first-order valence-electron chi connectivity index (χ1n) is 7.00. The van der Waals surface area contributed by atoms with E-state index in [0.29, 0.717) is 10.2 Å². The molecule has 3 aromatic rings. The van der Waals surface area contributed by atoms with E-state index in [1.54, 1.807) is 24.3 Å². The summed E-state index contributed by atoms with van der Waals surface area (Å²) in [6, 6.07) is 15.4. The van der Waals surface area contributed by atoms with Crippen LogP contribution in [0.15, 0.2) is 54.6 Å². The Hall–Kier alpha value is -2.81. The average Bonchev–Trinajstić information content (AvgIpc) is 2.90. The van der Waals surface area contributed by atoms with E-state index in [1.165, 1.54) is 12.1 Å². The molecule has 1 heterocycles. The van der Waals surface area contributed by atoms with E-state index in [4.69, 9.17) is 0 Å². The molecule has 0 bridgehead atoms. The zero-order valence-electron chi connectivity index (χ0n) is 12.5. The topological polar surface area (TPSA) is 61.2 Å². The highest BCUT2D eigenvalue weighted by Gasteiger charge is 2.49. The molecule has 9 heteroatoms. The number of hydrogen-bond acceptors (Lipinski definition) is 4. The van der Waals surface area contributed by atoms with Crippen LogP contribution in [-0.4, -0.2) is 23.9 Å². The molecule has 0 spiro atoms. The van der Waals surface area contributed by atoms with Gasteiger partial charge >= 0.3 is 15.6 Å². The molecule has 2 aromatic carbocycles. The van der Waals surface area contributed by atoms with Crippen LogP contribution in [0.5, 0.6) is 0 Å². The predicted octanol–water partition coefficient (Wildman–Crippen LogP) is 3.48. The van der Waals surface area contributed by atoms with Crippen LogP contribution in [0.25, 0.3) is 23.1 Å². The molecule has 1 aromatic heterocycles. The Balaban J connectivity index is 2.03. The minimum absolute atomic E-state index is 0.100. The zero-order chi connectivity index (χ0) is 18.1. The van der Waals surface area contributed by atoms with Gasteiger partial charge in [-0.2, -0.15) is 21.6 Å². The Morgan fingerprint density at radius 3 is 2.28 bits per heavy atom. The Labute approximate surface area is 141 Å². The number of para-hydroxylation sites is 1. The van der Waals surface area contributed by atoms with Gasteiger partial charge < -0.3 is 0 Å². The van der Waals surface area contributed by atoms with E-state index in [0.717, 1.165) is 5.56 Å². The molecule has 0 unspecified atom stereocenters. The minimum atomic E-state index is -5.82. The average molecular weight is 368 g/mol. The summed E-state index contributed by atoms with van der Waals surface area (Å²) in [4.78, 5) is 0.364. The summed E-state index contributed by atoms with van der Waals surface area (Å²) in [6.45, 7) is 0. The second-order valence-corrected chi connectivity index (χ2v) is 6.51. The lowest BCUT2D eigenvalue weighted by Gasteiger charge is -2.08. The lowest BCUT2D eigenvalue weighted by molar-refractivity contribution is -0.0552. The quantitative estimate of drug-likeness (QED) is 0.662. The van der Waals surface area contributed by atoms with Crippen molar-refractivity contribution in [2.45, 2.75) is 5.51 Å². The third-order valence-corrected chi connectivity index (χ3v) is 4.17. The van der Waals surface area contributed by atoms with Crippen molar-refractivity contribution in [1.82, 2.24) is 9.94 Å². The lowest BCUT2D eigenvalue weighted by atomic mass is 10.1. The van der Waals surface area contributed by atoms with Gasteiger partial charge in [-0.1, -0.05) is 59.5 Å². The number of aromatic nitrogens is 2. The lowest BCUT2D eigenvalue weighted by Crippen LogP contribution is -2.33. The van der Waals surface area contributed by atoms with Crippen LogP contribution in [0.4, 0.5) is 13.2 Å². The second kappa shape index (κ2) is 6.25. The van der Waals surface area contributed by atoms with Crippen molar-refractivity contribution < 1.29 is 25.9 Å². The Morgan fingerprint density at radius 1 is 0.960 bits per heavy atom. The smallest absolute Gasteiger partial charge is 0.262 e. The van der Waals surface area contributed by atoms with Gasteiger partial charge in [0.2, 0.25) is 0 Å². The highest BCUT2D eigenvalue weighted by Crippen LogP contribution is 2.25. The molecule has 130 valence electrons. The zero-order valence-corrected chi connectivity index (χ0v) is 13.3. The van der Waals surface area contributed by atoms with Crippen LogP contribution in [0.1, 0.15) is 11.3 Å². The number of hydrogen-bond donors (Lipinski definition) is 0. The molecule has 0 aliphatic rings. The molecule has 0 aliphatic heterocycles. The van der Waals surface area contributed by atoms with Crippen molar-refractivity contribution in [3.8, 4) is 0 Å². The Kier molecular flexibility index (Phi) is 4.25. The summed E-state index contributed by atoms with van der Waals surface area (Å²) < 4.78 is 64.2. The fourth-order valence-electron chi connectivity index (χ4n) is 2.12. The molecule has 0 fully saturated rings. The maximum absolute atomic E-state index is 12.5. The van der Waals surface area contributed by atoms with Gasteiger partial charge in [0, 0.05) is 5.39 Å². The normalized spacial score (nSPS) is 12.8. The monoisotopic (exact) mass is 368 g/mol. The Morgan fingerprint density at radius 2 is 1.60 bits per heavy atom. The largest absolute Gasteiger partial charge is 0.536 e. The van der Waals surface area contributed by atoms with Gasteiger partial charge in [0.25, 0.3) is 0 Å². The van der Waals surface area contributed by atoms with Crippen molar-refractivity contribution in [1.29, 1.82) is 0 Å². The van der Waals surface area contributed by atoms with Gasteiger partial charge in [-0.15, -0.1) is 5.10 Å². The highest BCUT2D eigenvalue weighted by atomic mass is 32.2. The minimum Gasteiger partial charge on any atom is -0.262 e. The molecular weight excluding hydrogens is 357 g/mol. The van der Waals surface area contributed by atoms with Crippen molar-refractivity contribution in [2.24, 2.45) is 0 Å². The van der Waals surface area contributed by atoms with E-state index in [1.807, 2.05) is 30.3 Å². The first-order valence-corrected chi connectivity index (χ1v) is 8.41. The molecule has 0 saturated heterocycles. The molecule has 5 nitrogen and oxygen atoms in total. The molecule has 0 aliphatic carbocycles. The predicted molar refractivity (Wildman–Crippen MR) is 86.7 cm³/mol. The summed E-state index contributed by atoms with van der Waals surface area (Å²) in [7, 11) is -5.82. The second-order valence-electron chi connectivity index (χ2n) is 4.99. The van der Waals surface area contributed by atoms with E-state index in [9.17, 15) is 21.6 Å². The SMILES string of the molecule is O=S(=O)(On1nc(/C=C/c2ccccc2)c2ccccc21)C(F)(F)F. The first kappa shape index (κ1) is 17.0. The first-order chi connectivity index (χ1) is 11.8. The third-order valence-electron chi connectivity index (χ3n) is 3.27. The van der Waals surface area contributed by atoms with Crippen molar-refractivity contribution in [2.75, 3.05) is 0 Å². The van der Waals surface area contributed by atoms with Crippen LogP contribution in [0, 0.1) is 0 Å². The van der Waals surface area contributed by atoms with Crippen molar-refractivity contribution in [3.05, 3.63) is 65.9 Å². The maximum atomic E-state index is 12.5. The molecule has 0 radical (unpaired) electrons. The maximum Gasteiger partial charge on any atom is 0.536 e. The summed E-state index contributed by atoms with van der Waals surface area (Å²) >= 11 is 0. The number of halogens is 3. The number of rotatable bonds is 4. The summed E-state index contributed by atoms with van der Waals surface area (Å²) in [5, 5.41) is 4.28. The van der Waals surface area contributed by atoms with Gasteiger partial charge in [-0.3, -0.25) is 4.28 Å². The van der Waals surface area contributed by atoms with Gasteiger partial charge in [-0.05, 0) is 17.7 Å². The van der Waals surface area contributed by atoms with Crippen molar-refractivity contribution >= 4 is 33.2 Å². The number of nitrogens with zero attached hydrogens (tertiary/aromatic N) is 2. The van der Waals surface area contributed by atoms with Crippen LogP contribution in [0.3, 0.4) is 0 Å². The Bertz CT molecular complexity index is 1030. The molecule has 0 saturated carbocycles. The number of fused-ring (bicyclic) bond motifs is 1. The van der Waals surface area contributed by atoms with E-state index >= 15 is 0 Å². The van der Waals surface area contributed by atoms with Crippen LogP contribution < -0.4 is 4.28 Å². The van der Waals surface area contributed by atoms with E-state index in [-0.39, 0.29) is 11.2 Å². The number of alkyl halides is 3. The fraction of sp³-hybridized carbons (Fsp3) is 0.0625. The van der Waals surface area contributed by atoms with Gasteiger partial charge in [0.1, 0.15) is 5.52 Å². The summed E-state index contributed by atoms with van der Waals surface area (Å²) in [5.74, 6) is 0. The van der Waals surface area contributed by atoms with Crippen molar-refractivity contribution in [3.63, 3.8) is 0 Å². The summed E-state index contributed by atoms with van der Waals surface area (Å²) in [6.07, 6.45) is 3.27. The fourth-order valence-corrected chi connectivity index (χ4v) is 2.50. The van der Waals surface area contributed by atoms with Crippen LogP contribution in [-0.2, 0) is 10.1 Å². The van der Waals surface area contributed by atoms with E-state index in [2.05, 4.69) is 9.38 Å². The molecule has 3 rings (SSSR count). The number of benzene rings is 2. The molecule has 0 amide bonds. The standard InChI is InChI=1S/C16H11F3N2O3S/c17-16(18,19)25(22,23)24-21-15-9-5-4-8-13(15)14(20-21)11-10-12-6-2-1-3-7-12/h1-11H/b11-10+. The van der Waals surface area contributed by atoms with E-state index < -0.39 is 15.6 Å². The van der Waals surface area contributed by atoms with Gasteiger partial charge in [0.15, 0.2) is 0 Å². The molecule has 0 atom stereocenters.